The van der Waals surface area contributed by atoms with E-state index in [1.165, 1.54) is 12.8 Å². The lowest BCUT2D eigenvalue weighted by molar-refractivity contribution is 0.603. The van der Waals surface area contributed by atoms with Crippen LogP contribution in [0.2, 0.25) is 0 Å². The highest BCUT2D eigenvalue weighted by molar-refractivity contribution is 5.69. The van der Waals surface area contributed by atoms with Crippen molar-refractivity contribution in [2.45, 2.75) is 25.3 Å². The number of rotatable bonds is 2. The van der Waals surface area contributed by atoms with Gasteiger partial charge in [-0.3, -0.25) is 4.99 Å². The van der Waals surface area contributed by atoms with Crippen LogP contribution in [0.5, 0.6) is 0 Å². The van der Waals surface area contributed by atoms with Crippen molar-refractivity contribution in [2.24, 2.45) is 15.7 Å². The Kier molecular flexibility index (Phi) is 4.37. The molecule has 0 radical (unpaired) electrons. The first-order chi connectivity index (χ1) is 5.93. The topological polar surface area (TPSA) is 62.8 Å². The van der Waals surface area contributed by atoms with Gasteiger partial charge in [0.1, 0.15) is 6.34 Å². The molecule has 1 aliphatic heterocycles. The van der Waals surface area contributed by atoms with Gasteiger partial charge in [-0.05, 0) is 32.4 Å². The zero-order chi connectivity index (χ0) is 8.65. The Morgan fingerprint density at radius 3 is 3.08 bits per heavy atom. The molecule has 3 N–H and O–H groups in total. The van der Waals surface area contributed by atoms with Crippen molar-refractivity contribution in [3.8, 4) is 0 Å². The highest BCUT2D eigenvalue weighted by atomic mass is 14.9. The number of nitrogens with zero attached hydrogens (tertiary/aromatic N) is 2. The van der Waals surface area contributed by atoms with Crippen LogP contribution >= 0.6 is 0 Å². The summed E-state index contributed by atoms with van der Waals surface area (Å²) in [6.45, 7) is 2.18. The molecule has 0 aromatic carbocycles. The molecule has 1 fully saturated rings. The van der Waals surface area contributed by atoms with Crippen molar-refractivity contribution in [3.63, 3.8) is 0 Å². The van der Waals surface area contributed by atoms with Gasteiger partial charge in [0.05, 0.1) is 12.4 Å². The quantitative estimate of drug-likeness (QED) is 0.455. The summed E-state index contributed by atoms with van der Waals surface area (Å²) < 4.78 is 0. The molecule has 0 amide bonds. The van der Waals surface area contributed by atoms with Gasteiger partial charge in [-0.1, -0.05) is 0 Å². The first-order valence-electron chi connectivity index (χ1n) is 4.39. The lowest BCUT2D eigenvalue weighted by atomic mass is 10.1. The Morgan fingerprint density at radius 2 is 2.25 bits per heavy atom. The van der Waals surface area contributed by atoms with Crippen LogP contribution in [0, 0.1) is 0 Å². The molecule has 0 aromatic rings. The SMILES string of the molecule is NC=NC=NC1CCCNCC1. The molecule has 1 rings (SSSR count). The van der Waals surface area contributed by atoms with E-state index in [0.717, 1.165) is 25.9 Å². The lowest BCUT2D eigenvalue weighted by Gasteiger charge is -2.04. The molecule has 0 aliphatic carbocycles. The fraction of sp³-hybridized carbons (Fsp3) is 0.750. The van der Waals surface area contributed by atoms with Crippen LogP contribution in [-0.2, 0) is 0 Å². The van der Waals surface area contributed by atoms with Crippen molar-refractivity contribution >= 4 is 12.7 Å². The van der Waals surface area contributed by atoms with Crippen LogP contribution in [0.15, 0.2) is 9.98 Å². The van der Waals surface area contributed by atoms with Gasteiger partial charge in [0.25, 0.3) is 0 Å². The van der Waals surface area contributed by atoms with E-state index in [2.05, 4.69) is 15.3 Å². The number of hydrogen-bond donors (Lipinski definition) is 2. The van der Waals surface area contributed by atoms with Crippen LogP contribution in [0.25, 0.3) is 0 Å². The zero-order valence-corrected chi connectivity index (χ0v) is 7.24. The highest BCUT2D eigenvalue weighted by Crippen LogP contribution is 2.08. The van der Waals surface area contributed by atoms with Gasteiger partial charge in [-0.15, -0.1) is 0 Å². The largest absolute Gasteiger partial charge is 0.390 e. The summed E-state index contributed by atoms with van der Waals surface area (Å²) in [6, 6.07) is 0.434. The fourth-order valence-corrected chi connectivity index (χ4v) is 1.32. The van der Waals surface area contributed by atoms with Crippen molar-refractivity contribution in [1.29, 1.82) is 0 Å². The molecule has 1 atom stereocenters. The van der Waals surface area contributed by atoms with E-state index in [4.69, 9.17) is 5.73 Å². The minimum atomic E-state index is 0.434. The fourth-order valence-electron chi connectivity index (χ4n) is 1.32. The zero-order valence-electron chi connectivity index (χ0n) is 7.24. The first kappa shape index (κ1) is 9.19. The Balaban J connectivity index is 2.28. The summed E-state index contributed by atoms with van der Waals surface area (Å²) in [4.78, 5) is 8.03. The van der Waals surface area contributed by atoms with Gasteiger partial charge in [-0.2, -0.15) is 0 Å². The average Bonchev–Trinajstić information content (AvgIpc) is 2.33. The summed E-state index contributed by atoms with van der Waals surface area (Å²) in [5, 5.41) is 3.33. The van der Waals surface area contributed by atoms with Crippen molar-refractivity contribution < 1.29 is 0 Å². The predicted octanol–water partition coefficient (Wildman–Crippen LogP) is 0.144. The van der Waals surface area contributed by atoms with Crippen molar-refractivity contribution in [1.82, 2.24) is 5.32 Å². The molecule has 1 heterocycles. The maximum atomic E-state index is 5.08. The predicted molar refractivity (Wildman–Crippen MR) is 51.7 cm³/mol. The molecular formula is C8H16N4. The molecular weight excluding hydrogens is 152 g/mol. The summed E-state index contributed by atoms with van der Waals surface area (Å²) in [7, 11) is 0. The van der Waals surface area contributed by atoms with E-state index in [-0.39, 0.29) is 0 Å². The molecule has 4 heteroatoms. The van der Waals surface area contributed by atoms with Gasteiger partial charge >= 0.3 is 0 Å². The monoisotopic (exact) mass is 168 g/mol. The summed E-state index contributed by atoms with van der Waals surface area (Å²) in [5.74, 6) is 0. The van der Waals surface area contributed by atoms with Crippen LogP contribution < -0.4 is 11.1 Å². The minimum absolute atomic E-state index is 0.434. The van der Waals surface area contributed by atoms with Crippen LogP contribution in [0.1, 0.15) is 19.3 Å². The first-order valence-corrected chi connectivity index (χ1v) is 4.39. The van der Waals surface area contributed by atoms with E-state index in [1.54, 1.807) is 6.34 Å². The van der Waals surface area contributed by atoms with Gasteiger partial charge in [0.2, 0.25) is 0 Å². The number of nitrogens with one attached hydrogen (secondary N) is 1. The van der Waals surface area contributed by atoms with Crippen molar-refractivity contribution in [2.75, 3.05) is 13.1 Å². The third-order valence-corrected chi connectivity index (χ3v) is 1.98. The minimum Gasteiger partial charge on any atom is -0.390 e. The molecule has 68 valence electrons. The standard InChI is InChI=1S/C8H16N4/c9-6-11-7-12-8-2-1-4-10-5-3-8/h6-8,10H,1-5H2,(H2,9,11,12). The maximum Gasteiger partial charge on any atom is 0.111 e. The Labute approximate surface area is 73.0 Å². The second-order valence-corrected chi connectivity index (χ2v) is 2.90. The molecule has 1 aliphatic rings. The van der Waals surface area contributed by atoms with E-state index in [0.29, 0.717) is 6.04 Å². The molecule has 0 aromatic heterocycles. The van der Waals surface area contributed by atoms with Crippen LogP contribution in [0.4, 0.5) is 0 Å². The Bertz CT molecular complexity index is 156. The van der Waals surface area contributed by atoms with E-state index in [1.807, 2.05) is 0 Å². The molecule has 4 nitrogen and oxygen atoms in total. The molecule has 1 saturated heterocycles. The second kappa shape index (κ2) is 5.71. The lowest BCUT2D eigenvalue weighted by Crippen LogP contribution is -2.14. The average molecular weight is 168 g/mol. The molecule has 1 unspecified atom stereocenters. The summed E-state index contributed by atoms with van der Waals surface area (Å²) in [5.41, 5.74) is 5.08. The van der Waals surface area contributed by atoms with Crippen LogP contribution in [-0.4, -0.2) is 31.8 Å². The highest BCUT2D eigenvalue weighted by Gasteiger charge is 2.08. The van der Waals surface area contributed by atoms with E-state index < -0.39 is 0 Å². The number of hydrogen-bond acceptors (Lipinski definition) is 2. The summed E-state index contributed by atoms with van der Waals surface area (Å²) in [6.07, 6.45) is 6.28. The Hall–Kier alpha value is -0.900. The normalized spacial score (nSPS) is 26.5. The Morgan fingerprint density at radius 1 is 1.33 bits per heavy atom. The summed E-state index contributed by atoms with van der Waals surface area (Å²) >= 11 is 0. The number of aliphatic imine (C=N–C) groups is 2. The number of nitrogens with two attached hydrogens (primary N) is 1. The third-order valence-electron chi connectivity index (χ3n) is 1.98. The van der Waals surface area contributed by atoms with Crippen molar-refractivity contribution in [3.05, 3.63) is 0 Å². The molecule has 12 heavy (non-hydrogen) atoms. The molecule has 0 bridgehead atoms. The van der Waals surface area contributed by atoms with Crippen LogP contribution in [0.3, 0.4) is 0 Å². The third kappa shape index (κ3) is 3.48. The van der Waals surface area contributed by atoms with Gasteiger partial charge < -0.3 is 11.1 Å². The van der Waals surface area contributed by atoms with E-state index in [9.17, 15) is 0 Å². The maximum absolute atomic E-state index is 5.08. The van der Waals surface area contributed by atoms with Gasteiger partial charge in [0, 0.05) is 0 Å². The second-order valence-electron chi connectivity index (χ2n) is 2.90. The van der Waals surface area contributed by atoms with E-state index >= 15 is 0 Å². The molecule has 0 saturated carbocycles. The van der Waals surface area contributed by atoms with Gasteiger partial charge in [-0.25, -0.2) is 4.99 Å². The molecule has 0 spiro atoms. The van der Waals surface area contributed by atoms with Gasteiger partial charge in [0.15, 0.2) is 0 Å². The smallest absolute Gasteiger partial charge is 0.111 e.